The van der Waals surface area contributed by atoms with E-state index in [0.717, 1.165) is 22.6 Å². The van der Waals surface area contributed by atoms with E-state index in [1.54, 1.807) is 6.07 Å². The molecule has 0 atom stereocenters. The van der Waals surface area contributed by atoms with Crippen LogP contribution < -0.4 is 10.1 Å². The maximum atomic E-state index is 6.21. The highest BCUT2D eigenvalue weighted by Gasteiger charge is 2.14. The molecule has 0 fully saturated rings. The molecule has 0 bridgehead atoms. The van der Waals surface area contributed by atoms with Crippen molar-refractivity contribution in [2.24, 2.45) is 0 Å². The van der Waals surface area contributed by atoms with E-state index in [1.165, 1.54) is 0 Å². The summed E-state index contributed by atoms with van der Waals surface area (Å²) >= 11 is 12.2. The van der Waals surface area contributed by atoms with Crippen LogP contribution in [0.25, 0.3) is 0 Å². The van der Waals surface area contributed by atoms with Gasteiger partial charge in [-0.2, -0.15) is 0 Å². The predicted octanol–water partition coefficient (Wildman–Crippen LogP) is 3.90. The summed E-state index contributed by atoms with van der Waals surface area (Å²) in [5, 5.41) is 8.05. The minimum Gasteiger partial charge on any atom is -0.487 e. The van der Waals surface area contributed by atoms with Crippen molar-refractivity contribution in [2.45, 2.75) is 27.0 Å². The molecule has 6 heteroatoms. The maximum absolute atomic E-state index is 6.21. The molecule has 20 heavy (non-hydrogen) atoms. The number of aryl methyl sites for hydroxylation is 2. The van der Waals surface area contributed by atoms with Crippen LogP contribution in [0.1, 0.15) is 22.6 Å². The zero-order chi connectivity index (χ0) is 14.7. The number of hydrogen-bond acceptors (Lipinski definition) is 4. The summed E-state index contributed by atoms with van der Waals surface area (Å²) in [6, 6.07) is 3.51. The summed E-state index contributed by atoms with van der Waals surface area (Å²) in [5.41, 5.74) is 2.67. The summed E-state index contributed by atoms with van der Waals surface area (Å²) < 4.78 is 11.0. The minimum atomic E-state index is 0.360. The Morgan fingerprint density at radius 1 is 1.30 bits per heavy atom. The van der Waals surface area contributed by atoms with Gasteiger partial charge in [0.15, 0.2) is 0 Å². The molecule has 0 spiro atoms. The van der Waals surface area contributed by atoms with Gasteiger partial charge in [-0.15, -0.1) is 0 Å². The lowest BCUT2D eigenvalue weighted by Gasteiger charge is -2.13. The largest absolute Gasteiger partial charge is 0.487 e. The lowest BCUT2D eigenvalue weighted by atomic mass is 10.2. The van der Waals surface area contributed by atoms with Gasteiger partial charge in [0.05, 0.1) is 16.3 Å². The molecule has 1 heterocycles. The third-order valence-electron chi connectivity index (χ3n) is 2.99. The van der Waals surface area contributed by atoms with Gasteiger partial charge in [0, 0.05) is 17.1 Å². The highest BCUT2D eigenvalue weighted by atomic mass is 35.5. The molecule has 1 aromatic heterocycles. The quantitative estimate of drug-likeness (QED) is 0.909. The molecule has 0 aliphatic carbocycles. The molecule has 0 aliphatic heterocycles. The van der Waals surface area contributed by atoms with Crippen LogP contribution >= 0.6 is 23.2 Å². The van der Waals surface area contributed by atoms with Crippen molar-refractivity contribution < 1.29 is 9.26 Å². The Kier molecular flexibility index (Phi) is 4.91. The Hall–Kier alpha value is -1.23. The lowest BCUT2D eigenvalue weighted by Crippen LogP contribution is -2.08. The van der Waals surface area contributed by atoms with Gasteiger partial charge in [0.25, 0.3) is 0 Å². The molecule has 1 N–H and O–H groups in total. The Morgan fingerprint density at radius 3 is 2.65 bits per heavy atom. The van der Waals surface area contributed by atoms with Crippen LogP contribution in [0.15, 0.2) is 16.7 Å². The van der Waals surface area contributed by atoms with E-state index in [0.29, 0.717) is 28.9 Å². The fraction of sp³-hybridized carbons (Fsp3) is 0.357. The molecule has 2 aromatic rings. The number of nitrogens with one attached hydrogen (secondary N) is 1. The second kappa shape index (κ2) is 6.48. The van der Waals surface area contributed by atoms with Crippen molar-refractivity contribution in [3.05, 3.63) is 44.8 Å². The van der Waals surface area contributed by atoms with Crippen molar-refractivity contribution in [3.63, 3.8) is 0 Å². The second-order valence-corrected chi connectivity index (χ2v) is 5.34. The Labute approximate surface area is 128 Å². The van der Waals surface area contributed by atoms with Crippen LogP contribution in [0.4, 0.5) is 0 Å². The van der Waals surface area contributed by atoms with Gasteiger partial charge < -0.3 is 14.6 Å². The molecule has 108 valence electrons. The second-order valence-electron chi connectivity index (χ2n) is 4.50. The number of hydrogen-bond donors (Lipinski definition) is 1. The molecule has 0 unspecified atom stereocenters. The summed E-state index contributed by atoms with van der Waals surface area (Å²) in [6.07, 6.45) is 0. The lowest BCUT2D eigenvalue weighted by molar-refractivity contribution is 0.298. The van der Waals surface area contributed by atoms with Gasteiger partial charge in [0.1, 0.15) is 18.1 Å². The fourth-order valence-electron chi connectivity index (χ4n) is 1.95. The van der Waals surface area contributed by atoms with E-state index in [-0.39, 0.29) is 0 Å². The Balaban J connectivity index is 2.25. The third kappa shape index (κ3) is 3.26. The first-order chi connectivity index (χ1) is 9.52. The summed E-state index contributed by atoms with van der Waals surface area (Å²) in [6.45, 7) is 4.72. The zero-order valence-corrected chi connectivity index (χ0v) is 13.1. The summed E-state index contributed by atoms with van der Waals surface area (Å²) in [5.74, 6) is 1.38. The smallest absolute Gasteiger partial charge is 0.142 e. The third-order valence-corrected chi connectivity index (χ3v) is 3.49. The molecular formula is C14H16Cl2N2O2. The van der Waals surface area contributed by atoms with E-state index in [4.69, 9.17) is 32.5 Å². The number of halogens is 2. The molecular weight excluding hydrogens is 299 g/mol. The van der Waals surface area contributed by atoms with Crippen LogP contribution in [0.5, 0.6) is 5.75 Å². The standard InChI is InChI=1S/C14H16Cl2N2O2/c1-8-12(9(2)20-18-8)7-19-14-10(6-17-3)4-11(15)5-13(14)16/h4-5,17H,6-7H2,1-3H3. The molecule has 4 nitrogen and oxygen atoms in total. The topological polar surface area (TPSA) is 47.3 Å². The van der Waals surface area contributed by atoms with Crippen LogP contribution in [-0.2, 0) is 13.2 Å². The molecule has 0 radical (unpaired) electrons. The molecule has 0 aliphatic rings. The van der Waals surface area contributed by atoms with E-state index in [9.17, 15) is 0 Å². The average molecular weight is 315 g/mol. The highest BCUT2D eigenvalue weighted by Crippen LogP contribution is 2.33. The monoisotopic (exact) mass is 314 g/mol. The van der Waals surface area contributed by atoms with Gasteiger partial charge in [0.2, 0.25) is 0 Å². The minimum absolute atomic E-state index is 0.360. The van der Waals surface area contributed by atoms with Gasteiger partial charge in [-0.25, -0.2) is 0 Å². The predicted molar refractivity (Wildman–Crippen MR) is 79.5 cm³/mol. The van der Waals surface area contributed by atoms with E-state index >= 15 is 0 Å². The normalized spacial score (nSPS) is 10.8. The van der Waals surface area contributed by atoms with Gasteiger partial charge in [-0.05, 0) is 33.0 Å². The number of benzene rings is 1. The van der Waals surface area contributed by atoms with E-state index < -0.39 is 0 Å². The number of rotatable bonds is 5. The first-order valence-electron chi connectivity index (χ1n) is 6.20. The van der Waals surface area contributed by atoms with Crippen molar-refractivity contribution in [1.82, 2.24) is 10.5 Å². The molecule has 0 amide bonds. The molecule has 1 aromatic carbocycles. The van der Waals surface area contributed by atoms with Crippen LogP contribution in [0.3, 0.4) is 0 Å². The van der Waals surface area contributed by atoms with E-state index in [2.05, 4.69) is 10.5 Å². The highest BCUT2D eigenvalue weighted by molar-refractivity contribution is 6.35. The van der Waals surface area contributed by atoms with Crippen molar-refractivity contribution in [2.75, 3.05) is 7.05 Å². The number of aromatic nitrogens is 1. The van der Waals surface area contributed by atoms with Gasteiger partial charge >= 0.3 is 0 Å². The van der Waals surface area contributed by atoms with Crippen LogP contribution in [0, 0.1) is 13.8 Å². The molecule has 2 rings (SSSR count). The number of nitrogens with zero attached hydrogens (tertiary/aromatic N) is 1. The SMILES string of the molecule is CNCc1cc(Cl)cc(Cl)c1OCc1c(C)noc1C. The molecule has 0 saturated carbocycles. The van der Waals surface area contributed by atoms with E-state index in [1.807, 2.05) is 27.0 Å². The van der Waals surface area contributed by atoms with Crippen molar-refractivity contribution in [3.8, 4) is 5.75 Å². The van der Waals surface area contributed by atoms with Gasteiger partial charge in [-0.1, -0.05) is 28.4 Å². The van der Waals surface area contributed by atoms with Crippen LogP contribution in [-0.4, -0.2) is 12.2 Å². The van der Waals surface area contributed by atoms with Crippen molar-refractivity contribution >= 4 is 23.2 Å². The van der Waals surface area contributed by atoms with Gasteiger partial charge in [-0.3, -0.25) is 0 Å². The average Bonchev–Trinajstić information content (AvgIpc) is 2.69. The van der Waals surface area contributed by atoms with Crippen molar-refractivity contribution in [1.29, 1.82) is 0 Å². The Bertz CT molecular complexity index is 592. The first-order valence-corrected chi connectivity index (χ1v) is 6.95. The zero-order valence-electron chi connectivity index (χ0n) is 11.6. The Morgan fingerprint density at radius 2 is 2.05 bits per heavy atom. The maximum Gasteiger partial charge on any atom is 0.142 e. The number of ether oxygens (including phenoxy) is 1. The molecule has 0 saturated heterocycles. The summed E-state index contributed by atoms with van der Waals surface area (Å²) in [7, 11) is 1.85. The fourth-order valence-corrected chi connectivity index (χ4v) is 2.54. The first kappa shape index (κ1) is 15.2. The van der Waals surface area contributed by atoms with Crippen LogP contribution in [0.2, 0.25) is 10.0 Å². The summed E-state index contributed by atoms with van der Waals surface area (Å²) in [4.78, 5) is 0.